The largest absolute Gasteiger partial charge is 0.492 e. The van der Waals surface area contributed by atoms with E-state index in [-0.39, 0.29) is 12.8 Å². The average Bonchev–Trinajstić information content (AvgIpc) is 2.69. The first kappa shape index (κ1) is 19.3. The Bertz CT molecular complexity index is 952. The SMILES string of the molecule is FC1(F)CCN(CCOc2ccc(-c3ccc4cc(Br)ccc4n3)cc2)CC1. The molecule has 0 unspecified atom stereocenters. The fourth-order valence-electron chi connectivity index (χ4n) is 3.38. The molecule has 1 saturated heterocycles. The van der Waals surface area contributed by atoms with Gasteiger partial charge in [-0.3, -0.25) is 4.90 Å². The minimum atomic E-state index is -2.50. The predicted molar refractivity (Wildman–Crippen MR) is 111 cm³/mol. The van der Waals surface area contributed by atoms with Crippen LogP contribution in [-0.4, -0.2) is 42.0 Å². The number of hydrogen-bond donors (Lipinski definition) is 0. The molecule has 0 spiro atoms. The summed E-state index contributed by atoms with van der Waals surface area (Å²) in [6.07, 6.45) is -0.116. The monoisotopic (exact) mass is 446 g/mol. The standard InChI is InChI=1S/C22H21BrF2N2O/c23-18-4-8-21-17(15-18)3-7-20(26-21)16-1-5-19(6-2-16)28-14-13-27-11-9-22(24,25)10-12-27/h1-8,15H,9-14H2. The van der Waals surface area contributed by atoms with Gasteiger partial charge in [-0.25, -0.2) is 13.8 Å². The fraction of sp³-hybridized carbons (Fsp3) is 0.318. The van der Waals surface area contributed by atoms with Crippen LogP contribution in [0.15, 0.2) is 59.1 Å². The molecule has 2 heterocycles. The summed E-state index contributed by atoms with van der Waals surface area (Å²) in [5.41, 5.74) is 2.89. The Morgan fingerprint density at radius 1 is 1.00 bits per heavy atom. The lowest BCUT2D eigenvalue weighted by atomic mass is 10.1. The number of likely N-dealkylation sites (tertiary alicyclic amines) is 1. The molecule has 28 heavy (non-hydrogen) atoms. The summed E-state index contributed by atoms with van der Waals surface area (Å²) in [5.74, 6) is -1.73. The number of piperidine rings is 1. The van der Waals surface area contributed by atoms with Crippen LogP contribution >= 0.6 is 15.9 Å². The van der Waals surface area contributed by atoms with Crippen LogP contribution in [0.25, 0.3) is 22.2 Å². The van der Waals surface area contributed by atoms with E-state index in [0.29, 0.717) is 26.2 Å². The van der Waals surface area contributed by atoms with Crippen LogP contribution in [0.4, 0.5) is 8.78 Å². The third kappa shape index (κ3) is 4.67. The highest BCUT2D eigenvalue weighted by Gasteiger charge is 2.33. The summed E-state index contributed by atoms with van der Waals surface area (Å²) in [5, 5.41) is 1.09. The lowest BCUT2D eigenvalue weighted by Crippen LogP contribution is -2.41. The molecule has 1 aliphatic heterocycles. The Kier molecular flexibility index (Phi) is 5.60. The Morgan fingerprint density at radius 2 is 1.75 bits per heavy atom. The Hall–Kier alpha value is -2.05. The lowest BCUT2D eigenvalue weighted by Gasteiger charge is -2.31. The van der Waals surface area contributed by atoms with Gasteiger partial charge in [-0.1, -0.05) is 22.0 Å². The average molecular weight is 447 g/mol. The van der Waals surface area contributed by atoms with E-state index in [2.05, 4.69) is 22.0 Å². The maximum atomic E-state index is 13.2. The predicted octanol–water partition coefficient (Wildman–Crippen LogP) is 5.77. The highest BCUT2D eigenvalue weighted by atomic mass is 79.9. The van der Waals surface area contributed by atoms with Crippen LogP contribution in [0.2, 0.25) is 0 Å². The van der Waals surface area contributed by atoms with Crippen LogP contribution in [0, 0.1) is 0 Å². The number of benzene rings is 2. The molecule has 3 nitrogen and oxygen atoms in total. The molecule has 1 aromatic heterocycles. The molecule has 146 valence electrons. The summed E-state index contributed by atoms with van der Waals surface area (Å²) in [6, 6.07) is 17.9. The number of aromatic nitrogens is 1. The van der Waals surface area contributed by atoms with Crippen LogP contribution in [-0.2, 0) is 0 Å². The molecule has 1 fully saturated rings. The summed E-state index contributed by atoms with van der Waals surface area (Å²) in [6.45, 7) is 2.02. The van der Waals surface area contributed by atoms with Crippen molar-refractivity contribution in [3.8, 4) is 17.0 Å². The zero-order chi connectivity index (χ0) is 19.6. The summed E-state index contributed by atoms with van der Waals surface area (Å²) < 4.78 is 33.2. The van der Waals surface area contributed by atoms with Crippen molar-refractivity contribution in [1.82, 2.24) is 9.88 Å². The molecule has 0 aliphatic carbocycles. The first-order valence-electron chi connectivity index (χ1n) is 9.38. The van der Waals surface area contributed by atoms with Crippen molar-refractivity contribution in [2.75, 3.05) is 26.2 Å². The van der Waals surface area contributed by atoms with Crippen LogP contribution in [0.3, 0.4) is 0 Å². The molecule has 6 heteroatoms. The highest BCUT2D eigenvalue weighted by Crippen LogP contribution is 2.28. The van der Waals surface area contributed by atoms with E-state index >= 15 is 0 Å². The van der Waals surface area contributed by atoms with Crippen molar-refractivity contribution in [3.05, 3.63) is 59.1 Å². The minimum Gasteiger partial charge on any atom is -0.492 e. The number of halogens is 3. The Morgan fingerprint density at radius 3 is 2.50 bits per heavy atom. The van der Waals surface area contributed by atoms with Crippen molar-refractivity contribution < 1.29 is 13.5 Å². The maximum Gasteiger partial charge on any atom is 0.250 e. The first-order chi connectivity index (χ1) is 13.5. The van der Waals surface area contributed by atoms with Crippen molar-refractivity contribution >= 4 is 26.8 Å². The summed E-state index contributed by atoms with van der Waals surface area (Å²) >= 11 is 3.48. The first-order valence-corrected chi connectivity index (χ1v) is 10.2. The third-order valence-electron chi connectivity index (χ3n) is 5.07. The van der Waals surface area contributed by atoms with Crippen molar-refractivity contribution in [1.29, 1.82) is 0 Å². The molecule has 0 N–H and O–H groups in total. The topological polar surface area (TPSA) is 25.4 Å². The van der Waals surface area contributed by atoms with Crippen molar-refractivity contribution in [2.24, 2.45) is 0 Å². The van der Waals surface area contributed by atoms with E-state index < -0.39 is 5.92 Å². The van der Waals surface area contributed by atoms with Gasteiger partial charge in [-0.2, -0.15) is 0 Å². The van der Waals surface area contributed by atoms with Gasteiger partial charge in [0, 0.05) is 47.9 Å². The Balaban J connectivity index is 1.34. The van der Waals surface area contributed by atoms with E-state index in [1.807, 2.05) is 53.4 Å². The smallest absolute Gasteiger partial charge is 0.250 e. The molecule has 2 aromatic carbocycles. The normalized spacial score (nSPS) is 17.0. The molecule has 0 radical (unpaired) electrons. The number of pyridine rings is 1. The van der Waals surface area contributed by atoms with Crippen molar-refractivity contribution in [3.63, 3.8) is 0 Å². The molecule has 1 aliphatic rings. The highest BCUT2D eigenvalue weighted by molar-refractivity contribution is 9.10. The van der Waals surface area contributed by atoms with Gasteiger partial charge in [-0.15, -0.1) is 0 Å². The van der Waals surface area contributed by atoms with Crippen LogP contribution in [0.1, 0.15) is 12.8 Å². The van der Waals surface area contributed by atoms with E-state index in [0.717, 1.165) is 32.4 Å². The molecule has 0 atom stereocenters. The molecular weight excluding hydrogens is 426 g/mol. The second kappa shape index (κ2) is 8.13. The number of alkyl halides is 2. The number of ether oxygens (including phenoxy) is 1. The van der Waals surface area contributed by atoms with Gasteiger partial charge in [-0.05, 0) is 48.5 Å². The second-order valence-corrected chi connectivity index (χ2v) is 8.02. The molecule has 0 amide bonds. The van der Waals surface area contributed by atoms with Gasteiger partial charge in [0.1, 0.15) is 12.4 Å². The number of nitrogens with zero attached hydrogens (tertiary/aromatic N) is 2. The zero-order valence-corrected chi connectivity index (χ0v) is 17.0. The lowest BCUT2D eigenvalue weighted by molar-refractivity contribution is -0.0564. The van der Waals surface area contributed by atoms with E-state index in [4.69, 9.17) is 9.72 Å². The van der Waals surface area contributed by atoms with Crippen molar-refractivity contribution in [2.45, 2.75) is 18.8 Å². The second-order valence-electron chi connectivity index (χ2n) is 7.10. The fourth-order valence-corrected chi connectivity index (χ4v) is 3.75. The minimum absolute atomic E-state index is 0.0581. The summed E-state index contributed by atoms with van der Waals surface area (Å²) in [7, 11) is 0. The van der Waals surface area contributed by atoms with E-state index in [1.54, 1.807) is 0 Å². The molecule has 4 rings (SSSR count). The maximum absolute atomic E-state index is 13.2. The van der Waals surface area contributed by atoms with Gasteiger partial charge in [0.15, 0.2) is 0 Å². The number of fused-ring (bicyclic) bond motifs is 1. The molecule has 3 aromatic rings. The van der Waals surface area contributed by atoms with Crippen LogP contribution in [0.5, 0.6) is 5.75 Å². The third-order valence-corrected chi connectivity index (χ3v) is 5.56. The van der Waals surface area contributed by atoms with E-state index in [1.165, 1.54) is 0 Å². The molecule has 0 saturated carbocycles. The van der Waals surface area contributed by atoms with Crippen LogP contribution < -0.4 is 4.74 Å². The quantitative estimate of drug-likeness (QED) is 0.496. The number of rotatable bonds is 5. The van der Waals surface area contributed by atoms with Gasteiger partial charge in [0.2, 0.25) is 0 Å². The summed E-state index contributed by atoms with van der Waals surface area (Å²) in [4.78, 5) is 6.75. The number of hydrogen-bond acceptors (Lipinski definition) is 3. The van der Waals surface area contributed by atoms with Gasteiger partial charge >= 0.3 is 0 Å². The molecule has 0 bridgehead atoms. The van der Waals surface area contributed by atoms with Gasteiger partial charge in [0.25, 0.3) is 5.92 Å². The Labute approximate surface area is 171 Å². The van der Waals surface area contributed by atoms with Gasteiger partial charge < -0.3 is 4.74 Å². The van der Waals surface area contributed by atoms with Gasteiger partial charge in [0.05, 0.1) is 11.2 Å². The zero-order valence-electron chi connectivity index (χ0n) is 15.4. The molecular formula is C22H21BrF2N2O. The van der Waals surface area contributed by atoms with E-state index in [9.17, 15) is 8.78 Å².